The van der Waals surface area contributed by atoms with Crippen LogP contribution in [0.4, 0.5) is 11.4 Å². The zero-order chi connectivity index (χ0) is 14.4. The molecule has 4 nitrogen and oxygen atoms in total. The van der Waals surface area contributed by atoms with Gasteiger partial charge in [-0.15, -0.1) is 0 Å². The van der Waals surface area contributed by atoms with Gasteiger partial charge in [0, 0.05) is 18.3 Å². The summed E-state index contributed by atoms with van der Waals surface area (Å²) in [5.41, 5.74) is 9.51. The van der Waals surface area contributed by atoms with Crippen molar-refractivity contribution < 1.29 is 9.84 Å². The van der Waals surface area contributed by atoms with Crippen molar-refractivity contribution in [3.05, 3.63) is 53.6 Å². The van der Waals surface area contributed by atoms with E-state index in [1.54, 1.807) is 0 Å². The molecule has 0 spiro atoms. The number of aliphatic hydroxyl groups excluding tert-OH is 1. The normalized spacial score (nSPS) is 10.3. The number of nitrogens with two attached hydrogens (primary N) is 1. The number of ether oxygens (including phenoxy) is 1. The highest BCUT2D eigenvalue weighted by Crippen LogP contribution is 2.25. The van der Waals surface area contributed by atoms with Gasteiger partial charge < -0.3 is 20.9 Å². The van der Waals surface area contributed by atoms with Crippen molar-refractivity contribution in [1.29, 1.82) is 0 Å². The smallest absolute Gasteiger partial charge is 0.144 e. The van der Waals surface area contributed by atoms with Gasteiger partial charge in [0.05, 0.1) is 18.9 Å². The number of rotatable bonds is 6. The van der Waals surface area contributed by atoms with Gasteiger partial charge >= 0.3 is 0 Å². The van der Waals surface area contributed by atoms with Gasteiger partial charge in [0.25, 0.3) is 0 Å². The van der Waals surface area contributed by atoms with Crippen LogP contribution in [0.3, 0.4) is 0 Å². The second kappa shape index (κ2) is 6.82. The minimum Gasteiger partial charge on any atom is -0.492 e. The van der Waals surface area contributed by atoms with Gasteiger partial charge in [-0.2, -0.15) is 0 Å². The van der Waals surface area contributed by atoms with Crippen LogP contribution in [0.2, 0.25) is 0 Å². The molecule has 106 valence electrons. The molecule has 0 radical (unpaired) electrons. The van der Waals surface area contributed by atoms with Crippen LogP contribution in [0, 0.1) is 0 Å². The van der Waals surface area contributed by atoms with Gasteiger partial charge in [-0.1, -0.05) is 24.3 Å². The predicted molar refractivity (Wildman–Crippen MR) is 81.7 cm³/mol. The Morgan fingerprint density at radius 3 is 2.45 bits per heavy atom. The van der Waals surface area contributed by atoms with Crippen molar-refractivity contribution >= 4 is 11.4 Å². The summed E-state index contributed by atoms with van der Waals surface area (Å²) in [4.78, 5) is 0. The summed E-state index contributed by atoms with van der Waals surface area (Å²) in [7, 11) is 0. The molecule has 4 N–H and O–H groups in total. The number of hydrogen-bond donors (Lipinski definition) is 3. The Balaban J connectivity index is 2.00. The van der Waals surface area contributed by atoms with Crippen LogP contribution in [-0.2, 0) is 13.2 Å². The largest absolute Gasteiger partial charge is 0.492 e. The van der Waals surface area contributed by atoms with Crippen molar-refractivity contribution in [2.24, 2.45) is 0 Å². The summed E-state index contributed by atoms with van der Waals surface area (Å²) in [5, 5.41) is 12.3. The van der Waals surface area contributed by atoms with Crippen molar-refractivity contribution in [1.82, 2.24) is 0 Å². The van der Waals surface area contributed by atoms with E-state index in [2.05, 4.69) is 5.32 Å². The summed E-state index contributed by atoms with van der Waals surface area (Å²) in [6.07, 6.45) is 0. The van der Waals surface area contributed by atoms with Gasteiger partial charge in [-0.05, 0) is 30.2 Å². The second-order valence-corrected chi connectivity index (χ2v) is 4.51. The average Bonchev–Trinajstić information content (AvgIpc) is 2.49. The lowest BCUT2D eigenvalue weighted by molar-refractivity contribution is 0.282. The second-order valence-electron chi connectivity index (χ2n) is 4.51. The highest BCUT2D eigenvalue weighted by atomic mass is 16.5. The van der Waals surface area contributed by atoms with Crippen molar-refractivity contribution in [2.75, 3.05) is 17.7 Å². The molecule has 0 atom stereocenters. The van der Waals surface area contributed by atoms with E-state index in [-0.39, 0.29) is 6.61 Å². The van der Waals surface area contributed by atoms with E-state index in [1.807, 2.05) is 49.4 Å². The van der Waals surface area contributed by atoms with Crippen LogP contribution in [0.5, 0.6) is 5.75 Å². The lowest BCUT2D eigenvalue weighted by Crippen LogP contribution is -2.02. The molecule has 0 aromatic heterocycles. The summed E-state index contributed by atoms with van der Waals surface area (Å²) in [6, 6.07) is 13.5. The molecule has 2 aromatic rings. The van der Waals surface area contributed by atoms with Gasteiger partial charge in [0.15, 0.2) is 0 Å². The van der Waals surface area contributed by atoms with E-state index in [0.29, 0.717) is 24.6 Å². The molecule has 2 aromatic carbocycles. The quantitative estimate of drug-likeness (QED) is 0.707. The fraction of sp³-hybridized carbons (Fsp3) is 0.250. The minimum absolute atomic E-state index is 0.0728. The number of nitrogen functional groups attached to an aromatic ring is 1. The Morgan fingerprint density at radius 1 is 1.10 bits per heavy atom. The van der Waals surface area contributed by atoms with Crippen molar-refractivity contribution in [2.45, 2.75) is 20.1 Å². The number of aliphatic hydroxyl groups is 1. The first-order chi connectivity index (χ1) is 9.72. The van der Waals surface area contributed by atoms with Crippen molar-refractivity contribution in [3.8, 4) is 5.75 Å². The standard InChI is InChI=1S/C16H20N2O2/c1-2-20-16-9-14(7-8-15(16)17)18-10-12-3-5-13(11-19)6-4-12/h3-9,18-19H,2,10-11,17H2,1H3. The number of nitrogens with one attached hydrogen (secondary N) is 1. The lowest BCUT2D eigenvalue weighted by atomic mass is 10.1. The minimum atomic E-state index is 0.0728. The summed E-state index contributed by atoms with van der Waals surface area (Å²) in [6.45, 7) is 3.31. The molecule has 0 aliphatic rings. The highest BCUT2D eigenvalue weighted by Gasteiger charge is 2.02. The molecule has 0 fully saturated rings. The summed E-state index contributed by atoms with van der Waals surface area (Å²) < 4.78 is 5.47. The fourth-order valence-corrected chi connectivity index (χ4v) is 1.89. The highest BCUT2D eigenvalue weighted by molar-refractivity contribution is 5.61. The van der Waals surface area contributed by atoms with E-state index < -0.39 is 0 Å². The first-order valence-electron chi connectivity index (χ1n) is 6.67. The number of benzene rings is 2. The predicted octanol–water partition coefficient (Wildman–Crippen LogP) is 2.77. The monoisotopic (exact) mass is 272 g/mol. The Morgan fingerprint density at radius 2 is 1.80 bits per heavy atom. The molecule has 0 aliphatic carbocycles. The maximum Gasteiger partial charge on any atom is 0.144 e. The van der Waals surface area contributed by atoms with E-state index in [0.717, 1.165) is 16.8 Å². The van der Waals surface area contributed by atoms with Gasteiger partial charge in [-0.3, -0.25) is 0 Å². The third-order valence-electron chi connectivity index (χ3n) is 3.02. The Hall–Kier alpha value is -2.20. The molecule has 0 heterocycles. The maximum atomic E-state index is 9.00. The van der Waals surface area contributed by atoms with Gasteiger partial charge in [0.1, 0.15) is 5.75 Å². The molecule has 20 heavy (non-hydrogen) atoms. The Bertz CT molecular complexity index is 553. The zero-order valence-corrected chi connectivity index (χ0v) is 11.6. The Labute approximate surface area is 119 Å². The molecule has 0 saturated carbocycles. The SMILES string of the molecule is CCOc1cc(NCc2ccc(CO)cc2)ccc1N. The number of anilines is 2. The first-order valence-corrected chi connectivity index (χ1v) is 6.67. The van der Waals surface area contributed by atoms with Crippen LogP contribution >= 0.6 is 0 Å². The molecule has 0 aliphatic heterocycles. The van der Waals surface area contributed by atoms with Crippen LogP contribution < -0.4 is 15.8 Å². The third-order valence-corrected chi connectivity index (χ3v) is 3.02. The average molecular weight is 272 g/mol. The Kier molecular flexibility index (Phi) is 4.85. The van der Waals surface area contributed by atoms with Crippen LogP contribution in [-0.4, -0.2) is 11.7 Å². The molecular formula is C16H20N2O2. The van der Waals surface area contributed by atoms with Crippen LogP contribution in [0.1, 0.15) is 18.1 Å². The molecular weight excluding hydrogens is 252 g/mol. The van der Waals surface area contributed by atoms with Crippen molar-refractivity contribution in [3.63, 3.8) is 0 Å². The van der Waals surface area contributed by atoms with Crippen LogP contribution in [0.15, 0.2) is 42.5 Å². The molecule has 0 saturated heterocycles. The number of hydrogen-bond acceptors (Lipinski definition) is 4. The third kappa shape index (κ3) is 3.65. The van der Waals surface area contributed by atoms with Gasteiger partial charge in [0.2, 0.25) is 0 Å². The molecule has 0 bridgehead atoms. The summed E-state index contributed by atoms with van der Waals surface area (Å²) >= 11 is 0. The first kappa shape index (κ1) is 14.2. The van der Waals surface area contributed by atoms with E-state index >= 15 is 0 Å². The fourth-order valence-electron chi connectivity index (χ4n) is 1.89. The topological polar surface area (TPSA) is 67.5 Å². The molecule has 0 amide bonds. The summed E-state index contributed by atoms with van der Waals surface area (Å²) in [5.74, 6) is 0.702. The van der Waals surface area contributed by atoms with E-state index in [4.69, 9.17) is 15.6 Å². The van der Waals surface area contributed by atoms with Gasteiger partial charge in [-0.25, -0.2) is 0 Å². The van der Waals surface area contributed by atoms with E-state index in [9.17, 15) is 0 Å². The molecule has 4 heteroatoms. The zero-order valence-electron chi connectivity index (χ0n) is 11.6. The molecule has 2 rings (SSSR count). The van der Waals surface area contributed by atoms with E-state index in [1.165, 1.54) is 0 Å². The molecule has 0 unspecified atom stereocenters. The maximum absolute atomic E-state index is 9.00. The lowest BCUT2D eigenvalue weighted by Gasteiger charge is -2.11. The van der Waals surface area contributed by atoms with Crippen LogP contribution in [0.25, 0.3) is 0 Å².